The topological polar surface area (TPSA) is 67.4 Å². The van der Waals surface area contributed by atoms with Crippen LogP contribution in [0.25, 0.3) is 0 Å². The van der Waals surface area contributed by atoms with E-state index in [-0.39, 0.29) is 16.7 Å². The third kappa shape index (κ3) is 3.38. The number of halogens is 2. The highest BCUT2D eigenvalue weighted by atomic mass is 35.5. The van der Waals surface area contributed by atoms with Gasteiger partial charge in [0.05, 0.1) is 29.5 Å². The number of carbonyl (C=O) groups excluding carboxylic acids is 2. The van der Waals surface area contributed by atoms with Gasteiger partial charge in [-0.05, 0) is 42.2 Å². The van der Waals surface area contributed by atoms with E-state index in [1.807, 2.05) is 31.2 Å². The van der Waals surface area contributed by atoms with Gasteiger partial charge in [0, 0.05) is 11.3 Å². The van der Waals surface area contributed by atoms with Crippen LogP contribution in [0.5, 0.6) is 0 Å². The molecule has 0 unspecified atom stereocenters. The van der Waals surface area contributed by atoms with Gasteiger partial charge in [0.2, 0.25) is 0 Å². The molecule has 0 amide bonds. The molecule has 7 heteroatoms. The molecule has 1 aliphatic heterocycles. The second-order valence-corrected chi connectivity index (χ2v) is 7.77. The molecule has 0 saturated carbocycles. The molecule has 0 bridgehead atoms. The van der Waals surface area contributed by atoms with Crippen LogP contribution in [0.1, 0.15) is 24.9 Å². The van der Waals surface area contributed by atoms with E-state index in [2.05, 4.69) is 10.6 Å². The zero-order chi connectivity index (χ0) is 20.7. The SMILES string of the molecule is COC(=O)[C@H]1C(=O)C2=C(C[C@H]1C)Nc1ccccc1N[C@@H]2c1ccc(Cl)c(F)c1. The predicted octanol–water partition coefficient (Wildman–Crippen LogP) is 4.71. The van der Waals surface area contributed by atoms with E-state index in [9.17, 15) is 14.0 Å². The quantitative estimate of drug-likeness (QED) is 0.550. The lowest BCUT2D eigenvalue weighted by Gasteiger charge is -2.32. The average Bonchev–Trinajstić information content (AvgIpc) is 2.86. The number of allylic oxidation sites excluding steroid dienone is 1. The van der Waals surface area contributed by atoms with Crippen LogP contribution in [-0.2, 0) is 14.3 Å². The van der Waals surface area contributed by atoms with E-state index < -0.39 is 23.7 Å². The Labute approximate surface area is 172 Å². The molecule has 5 nitrogen and oxygen atoms in total. The van der Waals surface area contributed by atoms with Crippen LogP contribution >= 0.6 is 11.6 Å². The number of Topliss-reactive ketones (excluding diaryl/α,β-unsaturated/α-hetero) is 1. The Morgan fingerprint density at radius 3 is 2.62 bits per heavy atom. The summed E-state index contributed by atoms with van der Waals surface area (Å²) in [6.07, 6.45) is 0.490. The Hall–Kier alpha value is -2.86. The summed E-state index contributed by atoms with van der Waals surface area (Å²) >= 11 is 5.85. The number of fused-ring (bicyclic) bond motifs is 1. The fourth-order valence-electron chi connectivity index (χ4n) is 4.08. The summed E-state index contributed by atoms with van der Waals surface area (Å²) in [7, 11) is 1.28. The molecule has 29 heavy (non-hydrogen) atoms. The smallest absolute Gasteiger partial charge is 0.316 e. The molecule has 3 atom stereocenters. The molecule has 2 aromatic rings. The zero-order valence-corrected chi connectivity index (χ0v) is 16.7. The molecule has 2 N–H and O–H groups in total. The highest BCUT2D eigenvalue weighted by molar-refractivity contribution is 6.30. The van der Waals surface area contributed by atoms with Crippen LogP contribution in [0, 0.1) is 17.7 Å². The molecule has 0 spiro atoms. The Morgan fingerprint density at radius 1 is 1.21 bits per heavy atom. The van der Waals surface area contributed by atoms with Crippen molar-refractivity contribution in [1.82, 2.24) is 0 Å². The van der Waals surface area contributed by atoms with Crippen molar-refractivity contribution in [3.63, 3.8) is 0 Å². The molecule has 1 heterocycles. The van der Waals surface area contributed by atoms with Crippen molar-refractivity contribution in [1.29, 1.82) is 0 Å². The summed E-state index contributed by atoms with van der Waals surface area (Å²) in [6, 6.07) is 11.4. The van der Waals surface area contributed by atoms with E-state index >= 15 is 0 Å². The van der Waals surface area contributed by atoms with Gasteiger partial charge in [-0.2, -0.15) is 0 Å². The third-order valence-electron chi connectivity index (χ3n) is 5.50. The van der Waals surface area contributed by atoms with Gasteiger partial charge in [-0.25, -0.2) is 4.39 Å². The molecule has 0 saturated heterocycles. The van der Waals surface area contributed by atoms with Crippen LogP contribution in [0.2, 0.25) is 5.02 Å². The van der Waals surface area contributed by atoms with Crippen molar-refractivity contribution >= 4 is 34.7 Å². The first-order valence-corrected chi connectivity index (χ1v) is 9.71. The van der Waals surface area contributed by atoms with Gasteiger partial charge in [-0.15, -0.1) is 0 Å². The summed E-state index contributed by atoms with van der Waals surface area (Å²) in [5.74, 6) is -2.58. The molecule has 0 fully saturated rings. The van der Waals surface area contributed by atoms with Crippen LogP contribution in [0.3, 0.4) is 0 Å². The van der Waals surface area contributed by atoms with Crippen molar-refractivity contribution in [3.05, 3.63) is 70.1 Å². The van der Waals surface area contributed by atoms with Crippen LogP contribution in [0.4, 0.5) is 15.8 Å². The lowest BCUT2D eigenvalue weighted by Crippen LogP contribution is -2.39. The first kappa shape index (κ1) is 19.5. The van der Waals surface area contributed by atoms with Gasteiger partial charge in [0.1, 0.15) is 11.7 Å². The van der Waals surface area contributed by atoms with Gasteiger partial charge >= 0.3 is 5.97 Å². The van der Waals surface area contributed by atoms with E-state index in [0.717, 1.165) is 17.1 Å². The van der Waals surface area contributed by atoms with Crippen molar-refractivity contribution in [2.45, 2.75) is 19.4 Å². The average molecular weight is 415 g/mol. The van der Waals surface area contributed by atoms with Crippen molar-refractivity contribution in [2.75, 3.05) is 17.7 Å². The summed E-state index contributed by atoms with van der Waals surface area (Å²) in [6.45, 7) is 1.85. The van der Waals surface area contributed by atoms with E-state index in [1.165, 1.54) is 19.2 Å². The lowest BCUT2D eigenvalue weighted by molar-refractivity contribution is -0.151. The van der Waals surface area contributed by atoms with Gasteiger partial charge in [0.15, 0.2) is 5.78 Å². The fourth-order valence-corrected chi connectivity index (χ4v) is 4.19. The minimum absolute atomic E-state index is 0.00568. The van der Waals surface area contributed by atoms with Crippen molar-refractivity contribution in [2.24, 2.45) is 11.8 Å². The number of carbonyl (C=O) groups is 2. The van der Waals surface area contributed by atoms with Crippen molar-refractivity contribution < 1.29 is 18.7 Å². The molecular weight excluding hydrogens is 395 g/mol. The summed E-state index contributed by atoms with van der Waals surface area (Å²) in [5.41, 5.74) is 3.27. The summed E-state index contributed by atoms with van der Waals surface area (Å²) in [5, 5.41) is 6.70. The summed E-state index contributed by atoms with van der Waals surface area (Å²) in [4.78, 5) is 25.8. The lowest BCUT2D eigenvalue weighted by atomic mass is 9.75. The highest BCUT2D eigenvalue weighted by Crippen LogP contribution is 2.44. The molecule has 0 aromatic heterocycles. The monoisotopic (exact) mass is 414 g/mol. The number of methoxy groups -OCH3 is 1. The number of rotatable bonds is 2. The first-order chi connectivity index (χ1) is 13.9. The van der Waals surface area contributed by atoms with Gasteiger partial charge in [0.25, 0.3) is 0 Å². The maximum atomic E-state index is 14.2. The number of hydrogen-bond acceptors (Lipinski definition) is 5. The highest BCUT2D eigenvalue weighted by Gasteiger charge is 2.44. The predicted molar refractivity (Wildman–Crippen MR) is 109 cm³/mol. The number of para-hydroxylation sites is 2. The van der Waals surface area contributed by atoms with Crippen LogP contribution in [-0.4, -0.2) is 18.9 Å². The number of esters is 1. The normalized spacial score (nSPS) is 23.3. The van der Waals surface area contributed by atoms with E-state index in [1.54, 1.807) is 6.07 Å². The zero-order valence-electron chi connectivity index (χ0n) is 16.0. The first-order valence-electron chi connectivity index (χ1n) is 9.33. The molecule has 1 aliphatic carbocycles. The molecular formula is C22H20ClFN2O3. The van der Waals surface area contributed by atoms with E-state index in [4.69, 9.17) is 16.3 Å². The molecule has 150 valence electrons. The standard InChI is InChI=1S/C22H20ClFN2O3/c1-11-9-17-19(21(27)18(11)22(28)29-2)20(12-7-8-13(23)14(24)10-12)26-16-6-4-3-5-15(16)25-17/h3-8,10-11,18,20,25-26H,9H2,1-2H3/t11-,18-,20-/m1/s1. The minimum Gasteiger partial charge on any atom is -0.468 e. The number of ketones is 1. The molecule has 2 aliphatic rings. The number of anilines is 2. The fraction of sp³-hybridized carbons (Fsp3) is 0.273. The maximum Gasteiger partial charge on any atom is 0.316 e. The van der Waals surface area contributed by atoms with Crippen LogP contribution in [0.15, 0.2) is 53.7 Å². The Balaban J connectivity index is 1.89. The maximum absolute atomic E-state index is 14.2. The van der Waals surface area contributed by atoms with Gasteiger partial charge in [-0.1, -0.05) is 36.7 Å². The summed E-state index contributed by atoms with van der Waals surface area (Å²) < 4.78 is 19.1. The Morgan fingerprint density at radius 2 is 1.93 bits per heavy atom. The van der Waals surface area contributed by atoms with Gasteiger partial charge in [-0.3, -0.25) is 9.59 Å². The molecule has 2 aromatic carbocycles. The number of hydrogen-bond donors (Lipinski definition) is 2. The number of ether oxygens (including phenoxy) is 1. The van der Waals surface area contributed by atoms with Crippen molar-refractivity contribution in [3.8, 4) is 0 Å². The van der Waals surface area contributed by atoms with E-state index in [0.29, 0.717) is 17.6 Å². The number of benzene rings is 2. The van der Waals surface area contributed by atoms with Crippen LogP contribution < -0.4 is 10.6 Å². The molecule has 0 radical (unpaired) electrons. The minimum atomic E-state index is -0.900. The Kier molecular flexibility index (Phi) is 5.04. The molecule has 4 rings (SSSR count). The largest absolute Gasteiger partial charge is 0.468 e. The third-order valence-corrected chi connectivity index (χ3v) is 5.81. The number of nitrogens with one attached hydrogen (secondary N) is 2. The second-order valence-electron chi connectivity index (χ2n) is 7.36. The van der Waals surface area contributed by atoms with Gasteiger partial charge < -0.3 is 15.4 Å². The second kappa shape index (κ2) is 7.52. The Bertz CT molecular complexity index is 1040.